The van der Waals surface area contributed by atoms with Crippen LogP contribution in [0, 0.1) is 5.82 Å². The number of hydrogen-bond donors (Lipinski definition) is 1. The molecule has 0 spiro atoms. The maximum Gasteiger partial charge on any atom is 0.226 e. The van der Waals surface area contributed by atoms with E-state index in [0.29, 0.717) is 18.9 Å². The fraction of sp³-hybridized carbons (Fsp3) is 0.300. The second kappa shape index (κ2) is 10.3. The molecule has 1 aromatic carbocycles. The van der Waals surface area contributed by atoms with Gasteiger partial charge in [0, 0.05) is 51.6 Å². The Kier molecular flexibility index (Phi) is 8.04. The molecular formula is C20H25FIN5O. The first-order valence-electron chi connectivity index (χ1n) is 8.79. The quantitative estimate of drug-likeness (QED) is 0.321. The number of aryl methyl sites for hydroxylation is 1. The van der Waals surface area contributed by atoms with Crippen molar-refractivity contribution in [2.45, 2.75) is 13.0 Å². The van der Waals surface area contributed by atoms with Gasteiger partial charge in [0.25, 0.3) is 0 Å². The molecule has 0 bridgehead atoms. The number of benzene rings is 1. The van der Waals surface area contributed by atoms with Gasteiger partial charge >= 0.3 is 0 Å². The van der Waals surface area contributed by atoms with Crippen LogP contribution in [0.5, 0.6) is 0 Å². The van der Waals surface area contributed by atoms with E-state index >= 15 is 0 Å². The van der Waals surface area contributed by atoms with Gasteiger partial charge in [-0.3, -0.25) is 4.99 Å². The summed E-state index contributed by atoms with van der Waals surface area (Å²) in [7, 11) is 5.81. The molecule has 0 aliphatic rings. The Bertz CT molecular complexity index is 903. The Hall–Kier alpha value is -2.36. The van der Waals surface area contributed by atoms with Crippen LogP contribution in [0.25, 0.3) is 11.5 Å². The topological polar surface area (TPSA) is 58.6 Å². The summed E-state index contributed by atoms with van der Waals surface area (Å²) in [6, 6.07) is 10.2. The number of nitrogens with zero attached hydrogens (tertiary/aromatic N) is 4. The molecule has 0 saturated carbocycles. The molecule has 0 atom stereocenters. The van der Waals surface area contributed by atoms with Crippen LogP contribution in [-0.4, -0.2) is 41.1 Å². The third-order valence-corrected chi connectivity index (χ3v) is 4.33. The Balaban J connectivity index is 0.00000280. The van der Waals surface area contributed by atoms with Crippen molar-refractivity contribution < 1.29 is 8.81 Å². The largest absolute Gasteiger partial charge is 0.444 e. The predicted molar refractivity (Wildman–Crippen MR) is 119 cm³/mol. The smallest absolute Gasteiger partial charge is 0.226 e. The zero-order valence-electron chi connectivity index (χ0n) is 16.2. The van der Waals surface area contributed by atoms with Gasteiger partial charge in [0.2, 0.25) is 5.89 Å². The van der Waals surface area contributed by atoms with E-state index in [-0.39, 0.29) is 29.8 Å². The molecule has 0 saturated heterocycles. The van der Waals surface area contributed by atoms with Crippen LogP contribution >= 0.6 is 24.0 Å². The van der Waals surface area contributed by atoms with Crippen LogP contribution in [0.2, 0.25) is 0 Å². The number of halogens is 2. The average molecular weight is 497 g/mol. The van der Waals surface area contributed by atoms with E-state index in [4.69, 9.17) is 4.42 Å². The van der Waals surface area contributed by atoms with Gasteiger partial charge in [-0.25, -0.2) is 9.37 Å². The summed E-state index contributed by atoms with van der Waals surface area (Å²) in [6.07, 6.45) is 4.36. The normalized spacial score (nSPS) is 11.2. The lowest BCUT2D eigenvalue weighted by Crippen LogP contribution is -2.39. The molecule has 1 N–H and O–H groups in total. The minimum Gasteiger partial charge on any atom is -0.444 e. The number of aliphatic imine (C=N–C) groups is 1. The lowest BCUT2D eigenvalue weighted by molar-refractivity contribution is 0.462. The summed E-state index contributed by atoms with van der Waals surface area (Å²) in [4.78, 5) is 10.9. The number of hydrogen-bond acceptors (Lipinski definition) is 3. The number of rotatable bonds is 6. The highest BCUT2D eigenvalue weighted by atomic mass is 127. The van der Waals surface area contributed by atoms with Gasteiger partial charge in [0.05, 0.1) is 12.2 Å². The molecule has 0 aliphatic heterocycles. The Morgan fingerprint density at radius 2 is 2.04 bits per heavy atom. The van der Waals surface area contributed by atoms with Crippen molar-refractivity contribution in [2.24, 2.45) is 12.0 Å². The van der Waals surface area contributed by atoms with Crippen molar-refractivity contribution >= 4 is 29.9 Å². The van der Waals surface area contributed by atoms with Crippen LogP contribution in [-0.2, 0) is 20.0 Å². The van der Waals surface area contributed by atoms with Gasteiger partial charge < -0.3 is 19.2 Å². The number of oxazole rings is 1. The van der Waals surface area contributed by atoms with Crippen LogP contribution in [0.3, 0.4) is 0 Å². The Labute approximate surface area is 181 Å². The van der Waals surface area contributed by atoms with Crippen molar-refractivity contribution in [3.05, 3.63) is 66.1 Å². The highest BCUT2D eigenvalue weighted by molar-refractivity contribution is 14.0. The molecule has 3 rings (SSSR count). The van der Waals surface area contributed by atoms with Gasteiger partial charge in [-0.1, -0.05) is 0 Å². The Morgan fingerprint density at radius 1 is 1.29 bits per heavy atom. The van der Waals surface area contributed by atoms with Gasteiger partial charge in [0.15, 0.2) is 5.96 Å². The van der Waals surface area contributed by atoms with E-state index in [1.165, 1.54) is 17.8 Å². The lowest BCUT2D eigenvalue weighted by Gasteiger charge is -2.22. The lowest BCUT2D eigenvalue weighted by atomic mass is 10.2. The van der Waals surface area contributed by atoms with Crippen LogP contribution < -0.4 is 5.32 Å². The number of guanidine groups is 1. The second-order valence-electron chi connectivity index (χ2n) is 6.34. The molecule has 8 heteroatoms. The molecule has 3 aromatic rings. The molecule has 0 fully saturated rings. The van der Waals surface area contributed by atoms with E-state index in [2.05, 4.69) is 30.8 Å². The molecular weight excluding hydrogens is 472 g/mol. The van der Waals surface area contributed by atoms with Crippen molar-refractivity contribution in [3.8, 4) is 11.5 Å². The molecule has 6 nitrogen and oxygen atoms in total. The first-order valence-corrected chi connectivity index (χ1v) is 8.79. The SMILES string of the molecule is CN=C(NCCc1coc(-c2ccc(F)cc2)n1)N(C)Cc1cccn1C.I. The fourth-order valence-electron chi connectivity index (χ4n) is 2.81. The zero-order chi connectivity index (χ0) is 19.2. The predicted octanol–water partition coefficient (Wildman–Crippen LogP) is 3.69. The van der Waals surface area contributed by atoms with E-state index in [0.717, 1.165) is 23.8 Å². The second-order valence-corrected chi connectivity index (χ2v) is 6.34. The van der Waals surface area contributed by atoms with Crippen LogP contribution in [0.1, 0.15) is 11.4 Å². The van der Waals surface area contributed by atoms with E-state index in [9.17, 15) is 4.39 Å². The maximum absolute atomic E-state index is 13.0. The van der Waals surface area contributed by atoms with E-state index < -0.39 is 0 Å². The number of nitrogens with one attached hydrogen (secondary N) is 1. The van der Waals surface area contributed by atoms with Gasteiger partial charge in [0.1, 0.15) is 12.1 Å². The van der Waals surface area contributed by atoms with Gasteiger partial charge in [-0.05, 0) is 36.4 Å². The van der Waals surface area contributed by atoms with Gasteiger partial charge in [-0.15, -0.1) is 24.0 Å². The van der Waals surface area contributed by atoms with Crippen molar-refractivity contribution in [3.63, 3.8) is 0 Å². The van der Waals surface area contributed by atoms with Crippen molar-refractivity contribution in [2.75, 3.05) is 20.6 Å². The summed E-state index contributed by atoms with van der Waals surface area (Å²) in [6.45, 7) is 1.45. The molecule has 150 valence electrons. The summed E-state index contributed by atoms with van der Waals surface area (Å²) >= 11 is 0. The molecule has 0 unspecified atom stereocenters. The molecule has 0 radical (unpaired) electrons. The number of aromatic nitrogens is 2. The fourth-order valence-corrected chi connectivity index (χ4v) is 2.81. The van der Waals surface area contributed by atoms with Crippen molar-refractivity contribution in [1.82, 2.24) is 19.8 Å². The monoisotopic (exact) mass is 497 g/mol. The summed E-state index contributed by atoms with van der Waals surface area (Å²) in [5.41, 5.74) is 2.80. The minimum atomic E-state index is -0.277. The highest BCUT2D eigenvalue weighted by Crippen LogP contribution is 2.19. The third-order valence-electron chi connectivity index (χ3n) is 4.33. The zero-order valence-corrected chi connectivity index (χ0v) is 18.6. The summed E-state index contributed by atoms with van der Waals surface area (Å²) in [5, 5.41) is 3.34. The van der Waals surface area contributed by atoms with Gasteiger partial charge in [-0.2, -0.15) is 0 Å². The average Bonchev–Trinajstić information content (AvgIpc) is 3.29. The van der Waals surface area contributed by atoms with Crippen LogP contribution in [0.15, 0.2) is 58.3 Å². The molecule has 0 aliphatic carbocycles. The van der Waals surface area contributed by atoms with E-state index in [1.54, 1.807) is 25.4 Å². The highest BCUT2D eigenvalue weighted by Gasteiger charge is 2.10. The van der Waals surface area contributed by atoms with Crippen molar-refractivity contribution in [1.29, 1.82) is 0 Å². The maximum atomic E-state index is 13.0. The first-order chi connectivity index (χ1) is 13.1. The summed E-state index contributed by atoms with van der Waals surface area (Å²) < 4.78 is 20.6. The molecule has 2 aromatic heterocycles. The van der Waals surface area contributed by atoms with E-state index in [1.807, 2.05) is 26.4 Å². The molecule has 2 heterocycles. The molecule has 0 amide bonds. The third kappa shape index (κ3) is 5.57. The minimum absolute atomic E-state index is 0. The first kappa shape index (κ1) is 21.9. The Morgan fingerprint density at radius 3 is 2.68 bits per heavy atom. The van der Waals surface area contributed by atoms with Crippen LogP contribution in [0.4, 0.5) is 4.39 Å². The summed E-state index contributed by atoms with van der Waals surface area (Å²) in [5.74, 6) is 1.04. The standard InChI is InChI=1S/C20H24FN5O.HI/c1-22-20(26(3)13-18-5-4-12-25(18)2)23-11-10-17-14-27-19(24-17)15-6-8-16(21)9-7-15;/h4-9,12,14H,10-11,13H2,1-3H3,(H,22,23);1H. The molecule has 28 heavy (non-hydrogen) atoms.